The van der Waals surface area contributed by atoms with Crippen molar-refractivity contribution in [2.75, 3.05) is 52.5 Å². The van der Waals surface area contributed by atoms with Crippen LogP contribution in [-0.4, -0.2) is 89.7 Å². The fraction of sp³-hybridized carbons (Fsp3) is 0.333. The summed E-state index contributed by atoms with van der Waals surface area (Å²) in [4.78, 5) is 38.2. The van der Waals surface area contributed by atoms with Crippen LogP contribution in [0, 0.1) is 11.6 Å². The van der Waals surface area contributed by atoms with Crippen LogP contribution in [0.1, 0.15) is 12.0 Å². The van der Waals surface area contributed by atoms with E-state index in [9.17, 15) is 23.2 Å². The van der Waals surface area contributed by atoms with Gasteiger partial charge in [-0.1, -0.05) is 36.1 Å². The van der Waals surface area contributed by atoms with Crippen molar-refractivity contribution in [2.45, 2.75) is 6.42 Å². The summed E-state index contributed by atoms with van der Waals surface area (Å²) < 4.78 is 39.1. The van der Waals surface area contributed by atoms with Gasteiger partial charge in [0.15, 0.2) is 16.0 Å². The molecule has 0 unspecified atom stereocenters. The van der Waals surface area contributed by atoms with E-state index < -0.39 is 29.4 Å². The van der Waals surface area contributed by atoms with Crippen LogP contribution < -0.4 is 15.5 Å². The Labute approximate surface area is 244 Å². The van der Waals surface area contributed by atoms with Crippen molar-refractivity contribution in [3.63, 3.8) is 0 Å². The van der Waals surface area contributed by atoms with E-state index in [2.05, 4.69) is 15.6 Å². The molecule has 2 amide bonds. The Hall–Kier alpha value is -3.43. The molecule has 2 saturated heterocycles. The van der Waals surface area contributed by atoms with E-state index in [-0.39, 0.29) is 28.7 Å². The molecule has 14 heteroatoms. The summed E-state index contributed by atoms with van der Waals surface area (Å²) in [6.07, 6.45) is 1.37. The van der Waals surface area contributed by atoms with Gasteiger partial charge in [0, 0.05) is 31.7 Å². The zero-order valence-electron chi connectivity index (χ0n) is 21.9. The van der Waals surface area contributed by atoms with Gasteiger partial charge in [0.2, 0.25) is 5.91 Å². The molecule has 3 N–H and O–H groups in total. The number of hydrogen-bond acceptors (Lipinski definition) is 9. The van der Waals surface area contributed by atoms with E-state index in [1.165, 1.54) is 6.07 Å². The number of amides is 2. The average Bonchev–Trinajstić information content (AvgIpc) is 3.21. The molecule has 2 aliphatic rings. The van der Waals surface area contributed by atoms with Crippen LogP contribution in [0.5, 0.6) is 5.75 Å². The van der Waals surface area contributed by atoms with Crippen LogP contribution in [0.4, 0.5) is 8.78 Å². The van der Waals surface area contributed by atoms with Gasteiger partial charge >= 0.3 is 5.97 Å². The number of nitrogens with one attached hydrogen (secondary N) is 2. The standard InChI is InChI=1S/C27H28F2N4O6S2/c28-20-3-1-18(14-21(20)29)17-2-4-22(39-12-9-32-7-10-38-11-8-32)19(13-17)15-23-26(37)33(27(40)41-23)31-16-24(34)30-6-5-25(35)36/h1-4,13-15,31H,5-12,16H2,(H,30,34)(H,35,36)/b23-15-. The van der Waals surface area contributed by atoms with E-state index in [0.717, 1.165) is 42.0 Å². The molecular formula is C27H28F2N4O6S2. The van der Waals surface area contributed by atoms with Crippen molar-refractivity contribution in [3.8, 4) is 16.9 Å². The minimum absolute atomic E-state index is 0.0449. The molecule has 2 aromatic rings. The summed E-state index contributed by atoms with van der Waals surface area (Å²) >= 11 is 6.34. The topological polar surface area (TPSA) is 120 Å². The molecule has 41 heavy (non-hydrogen) atoms. The number of rotatable bonds is 12. The number of carbonyl (C=O) groups excluding carboxylic acids is 2. The fourth-order valence-corrected chi connectivity index (χ4v) is 5.23. The van der Waals surface area contributed by atoms with Gasteiger partial charge in [0.1, 0.15) is 12.4 Å². The summed E-state index contributed by atoms with van der Waals surface area (Å²) in [6.45, 7) is 3.65. The molecule has 0 aliphatic carbocycles. The number of thioether (sulfide) groups is 1. The van der Waals surface area contributed by atoms with E-state index in [0.29, 0.717) is 48.8 Å². The van der Waals surface area contributed by atoms with Crippen LogP contribution in [0.3, 0.4) is 0 Å². The maximum Gasteiger partial charge on any atom is 0.305 e. The summed E-state index contributed by atoms with van der Waals surface area (Å²) in [5.41, 5.74) is 4.23. The Morgan fingerprint density at radius 3 is 2.59 bits per heavy atom. The Morgan fingerprint density at radius 2 is 1.85 bits per heavy atom. The molecule has 2 heterocycles. The van der Waals surface area contributed by atoms with Gasteiger partial charge in [0.25, 0.3) is 5.91 Å². The maximum absolute atomic E-state index is 13.9. The van der Waals surface area contributed by atoms with Gasteiger partial charge in [-0.3, -0.25) is 19.3 Å². The van der Waals surface area contributed by atoms with Crippen molar-refractivity contribution < 1.29 is 37.7 Å². The Bertz CT molecular complexity index is 1350. The molecule has 2 aliphatic heterocycles. The molecule has 2 aromatic carbocycles. The number of hydrazine groups is 1. The number of aliphatic carboxylic acids is 1. The van der Waals surface area contributed by atoms with Crippen LogP contribution in [0.2, 0.25) is 0 Å². The molecule has 0 radical (unpaired) electrons. The quantitative estimate of drug-likeness (QED) is 0.246. The molecule has 0 aromatic heterocycles. The third-order valence-corrected chi connectivity index (χ3v) is 7.47. The van der Waals surface area contributed by atoms with Gasteiger partial charge in [-0.2, -0.15) is 0 Å². The smallest absolute Gasteiger partial charge is 0.305 e. The van der Waals surface area contributed by atoms with Crippen molar-refractivity contribution in [1.29, 1.82) is 0 Å². The third kappa shape index (κ3) is 8.53. The highest BCUT2D eigenvalue weighted by Gasteiger charge is 2.33. The molecule has 218 valence electrons. The number of morpholine rings is 1. The van der Waals surface area contributed by atoms with Gasteiger partial charge in [-0.15, -0.1) is 0 Å². The highest BCUT2D eigenvalue weighted by atomic mass is 32.2. The van der Waals surface area contributed by atoms with Gasteiger partial charge in [-0.05, 0) is 41.5 Å². The number of halogens is 2. The predicted octanol–water partition coefficient (Wildman–Crippen LogP) is 2.64. The highest BCUT2D eigenvalue weighted by Crippen LogP contribution is 2.35. The lowest BCUT2D eigenvalue weighted by atomic mass is 10.0. The first kappa shape index (κ1) is 30.5. The first-order valence-corrected chi connectivity index (χ1v) is 14.0. The molecule has 0 saturated carbocycles. The molecule has 0 atom stereocenters. The Kier molecular flexibility index (Phi) is 10.8. The number of carbonyl (C=O) groups is 3. The van der Waals surface area contributed by atoms with Crippen LogP contribution in [0.25, 0.3) is 17.2 Å². The number of ether oxygens (including phenoxy) is 2. The van der Waals surface area contributed by atoms with Crippen molar-refractivity contribution in [2.24, 2.45) is 0 Å². The fourth-order valence-electron chi connectivity index (χ4n) is 4.02. The van der Waals surface area contributed by atoms with Crippen LogP contribution in [-0.2, 0) is 19.1 Å². The Morgan fingerprint density at radius 1 is 1.12 bits per heavy atom. The average molecular weight is 607 g/mol. The largest absolute Gasteiger partial charge is 0.492 e. The molecule has 4 rings (SSSR count). The zero-order valence-corrected chi connectivity index (χ0v) is 23.5. The number of carboxylic acids is 1. The molecule has 0 bridgehead atoms. The lowest BCUT2D eigenvalue weighted by Crippen LogP contribution is -2.46. The third-order valence-electron chi connectivity index (χ3n) is 6.17. The maximum atomic E-state index is 13.9. The number of hydrogen-bond donors (Lipinski definition) is 3. The van der Waals surface area contributed by atoms with Crippen molar-refractivity contribution in [3.05, 3.63) is 58.5 Å². The second-order valence-corrected chi connectivity index (χ2v) is 10.7. The first-order valence-electron chi connectivity index (χ1n) is 12.7. The highest BCUT2D eigenvalue weighted by molar-refractivity contribution is 8.26. The second kappa shape index (κ2) is 14.5. The number of carboxylic acid groups (broad SMARTS) is 1. The van der Waals surface area contributed by atoms with Gasteiger partial charge in [-0.25, -0.2) is 19.2 Å². The van der Waals surface area contributed by atoms with E-state index in [4.69, 9.17) is 26.8 Å². The molecular weight excluding hydrogens is 578 g/mol. The lowest BCUT2D eigenvalue weighted by molar-refractivity contribution is -0.136. The molecule has 0 spiro atoms. The molecule has 2 fully saturated rings. The normalized spacial score (nSPS) is 16.8. The second-order valence-electron chi connectivity index (χ2n) is 9.03. The first-order chi connectivity index (χ1) is 19.7. The van der Waals surface area contributed by atoms with Gasteiger partial charge < -0.3 is 19.9 Å². The monoisotopic (exact) mass is 606 g/mol. The predicted molar refractivity (Wildman–Crippen MR) is 153 cm³/mol. The SMILES string of the molecule is O=C(O)CCNC(=O)CNN1C(=O)/C(=C/c2cc(-c3ccc(F)c(F)c3)ccc2OCCN2CCOCC2)SC1=S. The van der Waals surface area contributed by atoms with Crippen molar-refractivity contribution in [1.82, 2.24) is 20.7 Å². The number of thiocarbonyl (C=S) groups is 1. The van der Waals surface area contributed by atoms with E-state index in [1.54, 1.807) is 24.3 Å². The lowest BCUT2D eigenvalue weighted by Gasteiger charge is -2.26. The minimum Gasteiger partial charge on any atom is -0.492 e. The van der Waals surface area contributed by atoms with E-state index >= 15 is 0 Å². The summed E-state index contributed by atoms with van der Waals surface area (Å²) in [5, 5.41) is 12.2. The summed E-state index contributed by atoms with van der Waals surface area (Å²) in [6, 6.07) is 8.75. The van der Waals surface area contributed by atoms with Crippen LogP contribution in [0.15, 0.2) is 41.3 Å². The Balaban J connectivity index is 1.51. The van der Waals surface area contributed by atoms with Crippen molar-refractivity contribution >= 4 is 52.2 Å². The van der Waals surface area contributed by atoms with Gasteiger partial charge in [0.05, 0.1) is 31.1 Å². The minimum atomic E-state index is -1.04. The summed E-state index contributed by atoms with van der Waals surface area (Å²) in [7, 11) is 0. The summed E-state index contributed by atoms with van der Waals surface area (Å²) in [5.74, 6) is -3.48. The van der Waals surface area contributed by atoms with Crippen LogP contribution >= 0.6 is 24.0 Å². The number of benzene rings is 2. The number of nitrogens with zero attached hydrogens (tertiary/aromatic N) is 2. The zero-order chi connectivity index (χ0) is 29.4. The molecule has 10 nitrogen and oxygen atoms in total. The van der Waals surface area contributed by atoms with E-state index in [1.807, 2.05) is 0 Å².